The SMILES string of the molecule is CC(C)(C)c1nnc(NC(=O)CSc2ncnn2-c2ccccc2)s1. The average Bonchev–Trinajstić information content (AvgIpc) is 3.22. The van der Waals surface area contributed by atoms with Crippen LogP contribution in [0.2, 0.25) is 0 Å². The van der Waals surface area contributed by atoms with Crippen LogP contribution in [0.15, 0.2) is 41.8 Å². The van der Waals surface area contributed by atoms with Gasteiger partial charge in [0.1, 0.15) is 11.3 Å². The molecule has 0 radical (unpaired) electrons. The molecule has 3 rings (SSSR count). The van der Waals surface area contributed by atoms with Crippen LogP contribution in [0.5, 0.6) is 0 Å². The van der Waals surface area contributed by atoms with Gasteiger partial charge in [0, 0.05) is 5.41 Å². The third kappa shape index (κ3) is 4.43. The molecule has 1 N–H and O–H groups in total. The van der Waals surface area contributed by atoms with E-state index >= 15 is 0 Å². The van der Waals surface area contributed by atoms with Gasteiger partial charge < -0.3 is 0 Å². The van der Waals surface area contributed by atoms with Crippen molar-refractivity contribution in [1.29, 1.82) is 0 Å². The standard InChI is InChI=1S/C16H18N6OS2/c1-16(2,3)13-20-21-14(25-13)19-12(23)9-24-15-17-10-18-22(15)11-7-5-4-6-8-11/h4-8,10H,9H2,1-3H3,(H,19,21,23). The fraction of sp³-hybridized carbons (Fsp3) is 0.312. The van der Waals surface area contributed by atoms with Gasteiger partial charge in [-0.05, 0) is 12.1 Å². The molecule has 130 valence electrons. The van der Waals surface area contributed by atoms with Crippen LogP contribution in [0.4, 0.5) is 5.13 Å². The summed E-state index contributed by atoms with van der Waals surface area (Å²) >= 11 is 2.72. The lowest BCUT2D eigenvalue weighted by Gasteiger charge is -2.12. The maximum absolute atomic E-state index is 12.2. The molecule has 0 fully saturated rings. The molecule has 3 aromatic rings. The third-order valence-corrected chi connectivity index (χ3v) is 5.37. The summed E-state index contributed by atoms with van der Waals surface area (Å²) < 4.78 is 1.71. The van der Waals surface area contributed by atoms with E-state index in [2.05, 4.69) is 46.4 Å². The van der Waals surface area contributed by atoms with Crippen LogP contribution >= 0.6 is 23.1 Å². The highest BCUT2D eigenvalue weighted by Crippen LogP contribution is 2.28. The molecule has 0 spiro atoms. The van der Waals surface area contributed by atoms with Crippen LogP contribution in [0.3, 0.4) is 0 Å². The molecule has 0 atom stereocenters. The third-order valence-electron chi connectivity index (χ3n) is 3.16. The van der Waals surface area contributed by atoms with E-state index in [9.17, 15) is 4.79 Å². The van der Waals surface area contributed by atoms with E-state index in [-0.39, 0.29) is 17.1 Å². The van der Waals surface area contributed by atoms with Gasteiger partial charge in [-0.2, -0.15) is 5.10 Å². The van der Waals surface area contributed by atoms with Crippen LogP contribution in [0.1, 0.15) is 25.8 Å². The van der Waals surface area contributed by atoms with E-state index in [1.807, 2.05) is 30.3 Å². The number of para-hydroxylation sites is 1. The minimum Gasteiger partial charge on any atom is -0.300 e. The van der Waals surface area contributed by atoms with Gasteiger partial charge in [0.2, 0.25) is 11.0 Å². The van der Waals surface area contributed by atoms with Crippen molar-refractivity contribution < 1.29 is 4.79 Å². The number of amides is 1. The van der Waals surface area contributed by atoms with E-state index in [1.165, 1.54) is 29.4 Å². The second-order valence-electron chi connectivity index (χ2n) is 6.29. The Kier molecular flexibility index (Phi) is 5.14. The molecule has 25 heavy (non-hydrogen) atoms. The highest BCUT2D eigenvalue weighted by molar-refractivity contribution is 7.99. The van der Waals surface area contributed by atoms with E-state index in [4.69, 9.17) is 0 Å². The number of hydrogen-bond acceptors (Lipinski definition) is 7. The summed E-state index contributed by atoms with van der Waals surface area (Å²) in [4.78, 5) is 16.4. The summed E-state index contributed by atoms with van der Waals surface area (Å²) in [5, 5.41) is 17.2. The number of benzene rings is 1. The fourth-order valence-electron chi connectivity index (χ4n) is 1.94. The van der Waals surface area contributed by atoms with Gasteiger partial charge in [-0.15, -0.1) is 10.2 Å². The number of hydrogen-bond donors (Lipinski definition) is 1. The molecule has 1 aromatic carbocycles. The quantitative estimate of drug-likeness (QED) is 0.691. The molecule has 0 saturated carbocycles. The van der Waals surface area contributed by atoms with Crippen molar-refractivity contribution in [1.82, 2.24) is 25.0 Å². The zero-order valence-corrected chi connectivity index (χ0v) is 15.8. The smallest absolute Gasteiger partial charge is 0.236 e. The number of carbonyl (C=O) groups is 1. The topological polar surface area (TPSA) is 85.6 Å². The van der Waals surface area contributed by atoms with E-state index in [0.29, 0.717) is 10.3 Å². The molecular formula is C16H18N6OS2. The van der Waals surface area contributed by atoms with Crippen molar-refractivity contribution in [2.24, 2.45) is 0 Å². The first-order valence-corrected chi connectivity index (χ1v) is 9.46. The average molecular weight is 374 g/mol. The monoisotopic (exact) mass is 374 g/mol. The second-order valence-corrected chi connectivity index (χ2v) is 8.21. The number of nitrogens with zero attached hydrogens (tertiary/aromatic N) is 5. The van der Waals surface area contributed by atoms with Crippen molar-refractivity contribution in [2.75, 3.05) is 11.1 Å². The number of carbonyl (C=O) groups excluding carboxylic acids is 1. The summed E-state index contributed by atoms with van der Waals surface area (Å²) in [7, 11) is 0. The van der Waals surface area contributed by atoms with Gasteiger partial charge in [0.25, 0.3) is 0 Å². The van der Waals surface area contributed by atoms with Gasteiger partial charge in [-0.25, -0.2) is 9.67 Å². The minimum atomic E-state index is -0.149. The summed E-state index contributed by atoms with van der Waals surface area (Å²) in [5.74, 6) is 0.0693. The lowest BCUT2D eigenvalue weighted by atomic mass is 9.98. The Bertz CT molecular complexity index is 853. The first-order chi connectivity index (χ1) is 11.9. The molecule has 0 bridgehead atoms. The molecule has 0 aliphatic rings. The van der Waals surface area contributed by atoms with E-state index < -0.39 is 0 Å². The minimum absolute atomic E-state index is 0.0818. The Labute approximate surface area is 153 Å². The lowest BCUT2D eigenvalue weighted by molar-refractivity contribution is -0.113. The predicted octanol–water partition coefficient (Wildman–Crippen LogP) is 3.15. The van der Waals surface area contributed by atoms with Crippen molar-refractivity contribution in [3.05, 3.63) is 41.7 Å². The Balaban J connectivity index is 1.60. The number of aromatic nitrogens is 5. The number of anilines is 1. The van der Waals surface area contributed by atoms with Crippen LogP contribution in [-0.2, 0) is 10.2 Å². The van der Waals surface area contributed by atoms with Crippen molar-refractivity contribution >= 4 is 34.1 Å². The molecule has 0 aliphatic heterocycles. The summed E-state index contributed by atoms with van der Waals surface area (Å²) in [6.07, 6.45) is 1.48. The lowest BCUT2D eigenvalue weighted by Crippen LogP contribution is -2.14. The fourth-order valence-corrected chi connectivity index (χ4v) is 3.48. The van der Waals surface area contributed by atoms with Gasteiger partial charge in [-0.3, -0.25) is 10.1 Å². The highest BCUT2D eigenvalue weighted by Gasteiger charge is 2.20. The van der Waals surface area contributed by atoms with Crippen LogP contribution < -0.4 is 5.32 Å². The van der Waals surface area contributed by atoms with Crippen LogP contribution in [-0.4, -0.2) is 36.6 Å². The zero-order chi connectivity index (χ0) is 17.9. The number of rotatable bonds is 5. The van der Waals surface area contributed by atoms with Crippen molar-refractivity contribution in [2.45, 2.75) is 31.3 Å². The summed E-state index contributed by atoms with van der Waals surface area (Å²) in [6, 6.07) is 9.68. The molecule has 9 heteroatoms. The number of thioether (sulfide) groups is 1. The molecule has 2 aromatic heterocycles. The van der Waals surface area contributed by atoms with Gasteiger partial charge >= 0.3 is 0 Å². The van der Waals surface area contributed by atoms with Crippen LogP contribution in [0.25, 0.3) is 5.69 Å². The molecular weight excluding hydrogens is 356 g/mol. The highest BCUT2D eigenvalue weighted by atomic mass is 32.2. The molecule has 1 amide bonds. The summed E-state index contributed by atoms with van der Waals surface area (Å²) in [6.45, 7) is 6.18. The van der Waals surface area contributed by atoms with E-state index in [0.717, 1.165) is 10.7 Å². The normalized spacial score (nSPS) is 11.5. The molecule has 7 nitrogen and oxygen atoms in total. The molecule has 0 saturated heterocycles. The van der Waals surface area contributed by atoms with Gasteiger partial charge in [-0.1, -0.05) is 62.1 Å². The largest absolute Gasteiger partial charge is 0.300 e. The first kappa shape index (κ1) is 17.6. The van der Waals surface area contributed by atoms with Crippen molar-refractivity contribution in [3.63, 3.8) is 0 Å². The first-order valence-electron chi connectivity index (χ1n) is 7.65. The Morgan fingerprint density at radius 2 is 2.00 bits per heavy atom. The maximum atomic E-state index is 12.2. The Morgan fingerprint density at radius 3 is 2.68 bits per heavy atom. The summed E-state index contributed by atoms with van der Waals surface area (Å²) in [5.41, 5.74) is 0.823. The van der Waals surface area contributed by atoms with Crippen LogP contribution in [0, 0.1) is 0 Å². The van der Waals surface area contributed by atoms with Gasteiger partial charge in [0.05, 0.1) is 11.4 Å². The Hall–Kier alpha value is -2.26. The van der Waals surface area contributed by atoms with Crippen molar-refractivity contribution in [3.8, 4) is 5.69 Å². The van der Waals surface area contributed by atoms with E-state index in [1.54, 1.807) is 4.68 Å². The Morgan fingerprint density at radius 1 is 1.24 bits per heavy atom. The second kappa shape index (κ2) is 7.32. The van der Waals surface area contributed by atoms with Gasteiger partial charge in [0.15, 0.2) is 5.16 Å². The molecule has 0 aliphatic carbocycles. The predicted molar refractivity (Wildman–Crippen MR) is 99.3 cm³/mol. The maximum Gasteiger partial charge on any atom is 0.236 e. The zero-order valence-electron chi connectivity index (χ0n) is 14.1. The molecule has 2 heterocycles. The number of nitrogens with one attached hydrogen (secondary N) is 1. The molecule has 0 unspecified atom stereocenters.